The van der Waals surface area contributed by atoms with Crippen molar-refractivity contribution in [2.75, 3.05) is 30.3 Å². The fourth-order valence-electron chi connectivity index (χ4n) is 4.12. The van der Waals surface area contributed by atoms with Crippen LogP contribution in [0, 0.1) is 19.8 Å². The number of nitrogen functional groups attached to an aromatic ring is 1. The van der Waals surface area contributed by atoms with Gasteiger partial charge in [0.15, 0.2) is 0 Å². The molecule has 4 rings (SSSR count). The van der Waals surface area contributed by atoms with Gasteiger partial charge in [-0.05, 0) is 45.2 Å². The van der Waals surface area contributed by atoms with Gasteiger partial charge < -0.3 is 16.0 Å². The molecule has 2 saturated heterocycles. The maximum Gasteiger partial charge on any atom is 0.222 e. The molecule has 2 atom stereocenters. The van der Waals surface area contributed by atoms with E-state index in [4.69, 9.17) is 5.73 Å². The highest BCUT2D eigenvalue weighted by Crippen LogP contribution is 2.33. The van der Waals surface area contributed by atoms with Gasteiger partial charge in [0.25, 0.3) is 0 Å². The zero-order valence-electron chi connectivity index (χ0n) is 14.4. The number of nitrogens with zero attached hydrogens (tertiary/aromatic N) is 3. The molecule has 0 saturated carbocycles. The van der Waals surface area contributed by atoms with Crippen molar-refractivity contribution >= 4 is 11.8 Å². The van der Waals surface area contributed by atoms with Gasteiger partial charge in [-0.3, -0.25) is 0 Å². The molecule has 0 radical (unpaired) electrons. The molecular formula is C19H25N5. The molecule has 2 aromatic rings. The number of aromatic nitrogens is 2. The van der Waals surface area contributed by atoms with Crippen molar-refractivity contribution < 1.29 is 0 Å². The van der Waals surface area contributed by atoms with Crippen molar-refractivity contribution in [3.05, 3.63) is 35.4 Å². The number of anilines is 2. The van der Waals surface area contributed by atoms with E-state index in [9.17, 15) is 0 Å². The van der Waals surface area contributed by atoms with E-state index in [-0.39, 0.29) is 0 Å². The summed E-state index contributed by atoms with van der Waals surface area (Å²) in [5.41, 5.74) is 10.5. The van der Waals surface area contributed by atoms with E-state index in [1.165, 1.54) is 18.4 Å². The number of aryl methyl sites for hydroxylation is 1. The van der Waals surface area contributed by atoms with E-state index in [1.54, 1.807) is 0 Å². The lowest BCUT2D eigenvalue weighted by Crippen LogP contribution is -2.40. The van der Waals surface area contributed by atoms with Gasteiger partial charge in [0, 0.05) is 30.3 Å². The molecule has 0 bridgehead atoms. The first-order valence-corrected chi connectivity index (χ1v) is 8.81. The van der Waals surface area contributed by atoms with Crippen LogP contribution in [0.5, 0.6) is 0 Å². The van der Waals surface area contributed by atoms with Crippen molar-refractivity contribution in [2.24, 2.45) is 5.92 Å². The standard InChI is InChI=1S/C19H25N5/c1-12-5-3-6-14(9-12)17-13(2)18(23-19(20)22-17)24-10-15-7-4-8-21-16(15)11-24/h3,5-6,9,15-16,21H,4,7-8,10-11H2,1-2H3,(H2,20,22,23)/t15-,16+/m1/s1. The first-order valence-electron chi connectivity index (χ1n) is 8.81. The predicted molar refractivity (Wildman–Crippen MR) is 98.1 cm³/mol. The third-order valence-electron chi connectivity index (χ3n) is 5.33. The van der Waals surface area contributed by atoms with Gasteiger partial charge in [0.1, 0.15) is 5.82 Å². The summed E-state index contributed by atoms with van der Waals surface area (Å²) in [7, 11) is 0. The molecule has 2 aliphatic rings. The van der Waals surface area contributed by atoms with Crippen LogP contribution in [0.3, 0.4) is 0 Å². The van der Waals surface area contributed by atoms with Crippen molar-refractivity contribution in [2.45, 2.75) is 32.7 Å². The summed E-state index contributed by atoms with van der Waals surface area (Å²) in [5.74, 6) is 2.07. The summed E-state index contributed by atoms with van der Waals surface area (Å²) < 4.78 is 0. The van der Waals surface area contributed by atoms with Crippen molar-refractivity contribution in [3.8, 4) is 11.3 Å². The fraction of sp³-hybridized carbons (Fsp3) is 0.474. The van der Waals surface area contributed by atoms with Crippen LogP contribution in [0.2, 0.25) is 0 Å². The molecule has 5 nitrogen and oxygen atoms in total. The smallest absolute Gasteiger partial charge is 0.222 e. The van der Waals surface area contributed by atoms with Gasteiger partial charge in [-0.2, -0.15) is 4.98 Å². The Morgan fingerprint density at radius 3 is 2.88 bits per heavy atom. The minimum atomic E-state index is 0.356. The van der Waals surface area contributed by atoms with E-state index >= 15 is 0 Å². The summed E-state index contributed by atoms with van der Waals surface area (Å²) in [6.07, 6.45) is 2.58. The minimum Gasteiger partial charge on any atom is -0.368 e. The Morgan fingerprint density at radius 2 is 2.08 bits per heavy atom. The lowest BCUT2D eigenvalue weighted by atomic mass is 9.94. The quantitative estimate of drug-likeness (QED) is 0.889. The fourth-order valence-corrected chi connectivity index (χ4v) is 4.12. The molecule has 5 heteroatoms. The topological polar surface area (TPSA) is 67.1 Å². The van der Waals surface area contributed by atoms with E-state index in [1.807, 2.05) is 0 Å². The molecule has 1 aromatic heterocycles. The van der Waals surface area contributed by atoms with Gasteiger partial charge in [0.2, 0.25) is 5.95 Å². The van der Waals surface area contributed by atoms with Gasteiger partial charge in [-0.25, -0.2) is 4.98 Å². The molecule has 126 valence electrons. The van der Waals surface area contributed by atoms with E-state index in [2.05, 4.69) is 58.3 Å². The van der Waals surface area contributed by atoms with Crippen LogP contribution >= 0.6 is 0 Å². The Kier molecular flexibility index (Phi) is 3.88. The monoisotopic (exact) mass is 323 g/mol. The Morgan fingerprint density at radius 1 is 1.21 bits per heavy atom. The number of piperidine rings is 1. The predicted octanol–water partition coefficient (Wildman–Crippen LogP) is 2.53. The second-order valence-electron chi connectivity index (χ2n) is 7.12. The Hall–Kier alpha value is -2.14. The van der Waals surface area contributed by atoms with Gasteiger partial charge in [-0.1, -0.05) is 23.8 Å². The van der Waals surface area contributed by atoms with Crippen LogP contribution in [0.4, 0.5) is 11.8 Å². The molecular weight excluding hydrogens is 298 g/mol. The maximum atomic E-state index is 6.05. The average molecular weight is 323 g/mol. The normalized spacial score (nSPS) is 23.3. The Balaban J connectivity index is 1.72. The van der Waals surface area contributed by atoms with Crippen LogP contribution in [0.15, 0.2) is 24.3 Å². The zero-order chi connectivity index (χ0) is 16.7. The van der Waals surface area contributed by atoms with Crippen LogP contribution in [0.1, 0.15) is 24.0 Å². The third-order valence-corrected chi connectivity index (χ3v) is 5.33. The number of fused-ring (bicyclic) bond motifs is 1. The molecule has 0 aliphatic carbocycles. The van der Waals surface area contributed by atoms with Gasteiger partial charge in [-0.15, -0.1) is 0 Å². The molecule has 3 N–H and O–H groups in total. The minimum absolute atomic E-state index is 0.356. The van der Waals surface area contributed by atoms with Gasteiger partial charge in [0.05, 0.1) is 5.69 Å². The van der Waals surface area contributed by atoms with Crippen molar-refractivity contribution in [3.63, 3.8) is 0 Å². The summed E-state index contributed by atoms with van der Waals surface area (Å²) >= 11 is 0. The van der Waals surface area contributed by atoms with Crippen LogP contribution < -0.4 is 16.0 Å². The highest BCUT2D eigenvalue weighted by Gasteiger charge is 2.35. The number of hydrogen-bond donors (Lipinski definition) is 2. The average Bonchev–Trinajstić information content (AvgIpc) is 3.00. The SMILES string of the molecule is Cc1cccc(-c2nc(N)nc(N3C[C@H]4CCCN[C@H]4C3)c2C)c1. The molecule has 1 aromatic carbocycles. The number of rotatable bonds is 2. The van der Waals surface area contributed by atoms with E-state index in [0.717, 1.165) is 48.2 Å². The molecule has 24 heavy (non-hydrogen) atoms. The first kappa shape index (κ1) is 15.4. The second kappa shape index (κ2) is 6.06. The van der Waals surface area contributed by atoms with Crippen molar-refractivity contribution in [1.82, 2.24) is 15.3 Å². The first-order chi connectivity index (χ1) is 11.6. The Labute approximate surface area is 143 Å². The van der Waals surface area contributed by atoms with Crippen LogP contribution in [0.25, 0.3) is 11.3 Å². The summed E-state index contributed by atoms with van der Waals surface area (Å²) in [5, 5.41) is 3.65. The lowest BCUT2D eigenvalue weighted by molar-refractivity contribution is 0.340. The molecule has 3 heterocycles. The highest BCUT2D eigenvalue weighted by atomic mass is 15.3. The Bertz CT molecular complexity index is 743. The summed E-state index contributed by atoms with van der Waals surface area (Å²) in [6.45, 7) is 7.41. The molecule has 0 amide bonds. The molecule has 0 spiro atoms. The molecule has 2 aliphatic heterocycles. The second-order valence-corrected chi connectivity index (χ2v) is 7.12. The number of hydrogen-bond acceptors (Lipinski definition) is 5. The molecule has 0 unspecified atom stereocenters. The number of benzene rings is 1. The number of nitrogens with two attached hydrogens (primary N) is 1. The summed E-state index contributed by atoms with van der Waals surface area (Å²) in [6, 6.07) is 9.00. The van der Waals surface area contributed by atoms with Crippen LogP contribution in [-0.4, -0.2) is 35.6 Å². The zero-order valence-corrected chi connectivity index (χ0v) is 14.4. The molecule has 2 fully saturated rings. The maximum absolute atomic E-state index is 6.05. The third kappa shape index (κ3) is 2.73. The largest absolute Gasteiger partial charge is 0.368 e. The van der Waals surface area contributed by atoms with Gasteiger partial charge >= 0.3 is 0 Å². The highest BCUT2D eigenvalue weighted by molar-refractivity contribution is 5.70. The summed E-state index contributed by atoms with van der Waals surface area (Å²) in [4.78, 5) is 11.5. The van der Waals surface area contributed by atoms with E-state index < -0.39 is 0 Å². The lowest BCUT2D eigenvalue weighted by Gasteiger charge is -2.24. The van der Waals surface area contributed by atoms with Crippen LogP contribution in [-0.2, 0) is 0 Å². The number of nitrogens with one attached hydrogen (secondary N) is 1. The van der Waals surface area contributed by atoms with Crippen molar-refractivity contribution in [1.29, 1.82) is 0 Å². The van der Waals surface area contributed by atoms with E-state index in [0.29, 0.717) is 12.0 Å².